The van der Waals surface area contributed by atoms with Gasteiger partial charge < -0.3 is 0 Å². The van der Waals surface area contributed by atoms with Crippen LogP contribution in [-0.2, 0) is 20.0 Å². The Morgan fingerprint density at radius 3 is 1.61 bits per heavy atom. The van der Waals surface area contributed by atoms with E-state index < -0.39 is 20.0 Å². The van der Waals surface area contributed by atoms with E-state index in [-0.39, 0.29) is 36.0 Å². The Bertz CT molecular complexity index is 1250. The van der Waals surface area contributed by atoms with Crippen LogP contribution in [0.5, 0.6) is 0 Å². The summed E-state index contributed by atoms with van der Waals surface area (Å²) in [5.41, 5.74) is 2.58. The first kappa shape index (κ1) is 26.6. The molecule has 33 heavy (non-hydrogen) atoms. The van der Waals surface area contributed by atoms with Gasteiger partial charge in [-0.25, -0.2) is 16.8 Å². The van der Waals surface area contributed by atoms with Crippen molar-refractivity contribution in [1.82, 2.24) is 8.61 Å². The van der Waals surface area contributed by atoms with Crippen LogP contribution in [0, 0.1) is 25.7 Å². The SMILES string of the molecule is C=CCN(CC#CCN(CC(=C)C)S(=O)(=O)c1ccc(C)cc1)S(=O)(=O)c1ccc(C)cc1. The molecule has 0 bridgehead atoms. The normalized spacial score (nSPS) is 11.8. The molecule has 0 aliphatic rings. The number of aryl methyl sites for hydroxylation is 2. The van der Waals surface area contributed by atoms with Gasteiger partial charge in [-0.3, -0.25) is 0 Å². The van der Waals surface area contributed by atoms with Crippen molar-refractivity contribution in [3.63, 3.8) is 0 Å². The van der Waals surface area contributed by atoms with Crippen LogP contribution in [0.15, 0.2) is 83.1 Å². The molecule has 0 unspecified atom stereocenters. The molecule has 0 aromatic heterocycles. The molecule has 0 atom stereocenters. The Kier molecular flexibility index (Phi) is 9.20. The van der Waals surface area contributed by atoms with Crippen molar-refractivity contribution in [3.8, 4) is 11.8 Å². The monoisotopic (exact) mass is 486 g/mol. The zero-order valence-corrected chi connectivity index (χ0v) is 20.9. The summed E-state index contributed by atoms with van der Waals surface area (Å²) in [5, 5.41) is 0. The summed E-state index contributed by atoms with van der Waals surface area (Å²) in [6, 6.07) is 13.2. The Labute approximate surface area is 198 Å². The average Bonchev–Trinajstić information content (AvgIpc) is 2.75. The van der Waals surface area contributed by atoms with Gasteiger partial charge in [-0.15, -0.1) is 6.58 Å². The zero-order valence-electron chi connectivity index (χ0n) is 19.3. The van der Waals surface area contributed by atoms with Crippen LogP contribution in [0.4, 0.5) is 0 Å². The van der Waals surface area contributed by atoms with E-state index in [0.29, 0.717) is 5.57 Å². The third-order valence-electron chi connectivity index (χ3n) is 4.73. The molecule has 0 fully saturated rings. The molecule has 0 aliphatic carbocycles. The van der Waals surface area contributed by atoms with Crippen molar-refractivity contribution in [2.24, 2.45) is 0 Å². The topological polar surface area (TPSA) is 74.8 Å². The number of benzene rings is 2. The van der Waals surface area contributed by atoms with Gasteiger partial charge in [-0.1, -0.05) is 65.5 Å². The highest BCUT2D eigenvalue weighted by molar-refractivity contribution is 7.89. The molecule has 0 aliphatic heterocycles. The van der Waals surface area contributed by atoms with E-state index in [1.807, 2.05) is 13.8 Å². The molecular weight excluding hydrogens is 456 g/mol. The van der Waals surface area contributed by atoms with Gasteiger partial charge >= 0.3 is 0 Å². The molecule has 6 nitrogen and oxygen atoms in total. The third kappa shape index (κ3) is 7.14. The molecule has 2 aromatic carbocycles. The first-order valence-electron chi connectivity index (χ1n) is 10.3. The Morgan fingerprint density at radius 2 is 1.21 bits per heavy atom. The molecule has 0 spiro atoms. The summed E-state index contributed by atoms with van der Waals surface area (Å²) in [5.74, 6) is 5.62. The van der Waals surface area contributed by atoms with Gasteiger partial charge in [0.15, 0.2) is 0 Å². The predicted molar refractivity (Wildman–Crippen MR) is 133 cm³/mol. The van der Waals surface area contributed by atoms with E-state index in [1.54, 1.807) is 55.5 Å². The number of hydrogen-bond donors (Lipinski definition) is 0. The number of hydrogen-bond acceptors (Lipinski definition) is 4. The summed E-state index contributed by atoms with van der Waals surface area (Å²) in [6.45, 7) is 13.0. The lowest BCUT2D eigenvalue weighted by atomic mass is 10.2. The van der Waals surface area contributed by atoms with Gasteiger partial charge in [0.05, 0.1) is 22.9 Å². The second-order valence-corrected chi connectivity index (χ2v) is 11.7. The molecule has 0 amide bonds. The number of nitrogens with zero attached hydrogens (tertiary/aromatic N) is 2. The molecule has 0 N–H and O–H groups in total. The van der Waals surface area contributed by atoms with Gasteiger partial charge in [0.1, 0.15) is 0 Å². The Hall–Kier alpha value is -2.70. The lowest BCUT2D eigenvalue weighted by Crippen LogP contribution is -2.33. The van der Waals surface area contributed by atoms with E-state index in [1.165, 1.54) is 14.7 Å². The van der Waals surface area contributed by atoms with Crippen molar-refractivity contribution in [2.75, 3.05) is 26.2 Å². The first-order chi connectivity index (χ1) is 15.5. The fraction of sp³-hybridized carbons (Fsp3) is 0.280. The van der Waals surface area contributed by atoms with Crippen LogP contribution in [0.2, 0.25) is 0 Å². The highest BCUT2D eigenvalue weighted by Gasteiger charge is 2.24. The molecule has 0 saturated carbocycles. The number of sulfonamides is 2. The Balaban J connectivity index is 2.23. The van der Waals surface area contributed by atoms with Crippen molar-refractivity contribution >= 4 is 20.0 Å². The van der Waals surface area contributed by atoms with Crippen molar-refractivity contribution in [3.05, 3.63) is 84.5 Å². The van der Waals surface area contributed by atoms with Crippen molar-refractivity contribution in [1.29, 1.82) is 0 Å². The van der Waals surface area contributed by atoms with E-state index in [4.69, 9.17) is 0 Å². The quantitative estimate of drug-likeness (QED) is 0.379. The van der Waals surface area contributed by atoms with Crippen LogP contribution in [0.25, 0.3) is 0 Å². The summed E-state index contributed by atoms with van der Waals surface area (Å²) < 4.78 is 54.5. The van der Waals surface area contributed by atoms with E-state index in [9.17, 15) is 16.8 Å². The highest BCUT2D eigenvalue weighted by atomic mass is 32.2. The van der Waals surface area contributed by atoms with Crippen molar-refractivity contribution < 1.29 is 16.8 Å². The molecule has 2 aromatic rings. The first-order valence-corrected chi connectivity index (χ1v) is 13.2. The van der Waals surface area contributed by atoms with E-state index >= 15 is 0 Å². The van der Waals surface area contributed by atoms with Crippen LogP contribution >= 0.6 is 0 Å². The summed E-state index contributed by atoms with van der Waals surface area (Å²) >= 11 is 0. The molecular formula is C25H30N2O4S2. The highest BCUT2D eigenvalue weighted by Crippen LogP contribution is 2.18. The van der Waals surface area contributed by atoms with Gasteiger partial charge in [0.2, 0.25) is 20.0 Å². The summed E-state index contributed by atoms with van der Waals surface area (Å²) in [7, 11) is -7.54. The molecule has 0 heterocycles. The zero-order chi connectivity index (χ0) is 24.6. The molecule has 176 valence electrons. The van der Waals surface area contributed by atoms with Gasteiger partial charge in [-0.05, 0) is 45.0 Å². The van der Waals surface area contributed by atoms with E-state index in [0.717, 1.165) is 11.1 Å². The lowest BCUT2D eigenvalue weighted by Gasteiger charge is -2.20. The molecule has 8 heteroatoms. The van der Waals surface area contributed by atoms with Crippen LogP contribution in [-0.4, -0.2) is 51.6 Å². The predicted octanol–water partition coefficient (Wildman–Crippen LogP) is 3.75. The fourth-order valence-corrected chi connectivity index (χ4v) is 5.64. The maximum absolute atomic E-state index is 13.1. The minimum Gasteiger partial charge on any atom is -0.207 e. The summed E-state index contributed by atoms with van der Waals surface area (Å²) in [4.78, 5) is 0.342. The molecule has 0 radical (unpaired) electrons. The van der Waals surface area contributed by atoms with Gasteiger partial charge in [-0.2, -0.15) is 8.61 Å². The second kappa shape index (κ2) is 11.4. The molecule has 0 saturated heterocycles. The standard InChI is InChI=1S/C25H30N2O4S2/c1-6-17-26(32(28,29)24-13-9-22(4)10-14-24)18-7-8-19-27(20-21(2)3)33(30,31)25-15-11-23(5)12-16-25/h6,9-16H,1-2,17-20H2,3-5H3. The minimum atomic E-state index is -3.78. The average molecular weight is 487 g/mol. The minimum absolute atomic E-state index is 0.0854. The second-order valence-electron chi connectivity index (χ2n) is 7.80. The largest absolute Gasteiger partial charge is 0.244 e. The van der Waals surface area contributed by atoms with E-state index in [2.05, 4.69) is 25.0 Å². The maximum Gasteiger partial charge on any atom is 0.244 e. The Morgan fingerprint density at radius 1 is 0.818 bits per heavy atom. The third-order valence-corrected chi connectivity index (χ3v) is 8.36. The lowest BCUT2D eigenvalue weighted by molar-refractivity contribution is 0.468. The maximum atomic E-state index is 13.1. The van der Waals surface area contributed by atoms with Crippen LogP contribution in [0.3, 0.4) is 0 Å². The smallest absolute Gasteiger partial charge is 0.207 e. The van der Waals surface area contributed by atoms with Crippen molar-refractivity contribution in [2.45, 2.75) is 30.6 Å². The molecule has 2 rings (SSSR count). The van der Waals surface area contributed by atoms with Gasteiger partial charge in [0.25, 0.3) is 0 Å². The fourth-order valence-electron chi connectivity index (χ4n) is 2.93. The van der Waals surface area contributed by atoms with Crippen LogP contribution in [0.1, 0.15) is 18.1 Å². The summed E-state index contributed by atoms with van der Waals surface area (Å²) in [6.07, 6.45) is 1.49. The number of rotatable bonds is 10. The van der Waals surface area contributed by atoms with Crippen LogP contribution < -0.4 is 0 Å². The van der Waals surface area contributed by atoms with Gasteiger partial charge in [0, 0.05) is 13.1 Å².